The number of nitrogens with one attached hydrogen (secondary N) is 1. The van der Waals surface area contributed by atoms with Gasteiger partial charge in [-0.3, -0.25) is 19.9 Å². The molecule has 0 aliphatic heterocycles. The molecule has 148 valence electrons. The summed E-state index contributed by atoms with van der Waals surface area (Å²) >= 11 is 0. The molecule has 2 aromatic heterocycles. The topological polar surface area (TPSA) is 124 Å². The first-order chi connectivity index (χ1) is 14.6. The number of pyridine rings is 1. The Bertz CT molecular complexity index is 1210. The van der Waals surface area contributed by atoms with Gasteiger partial charge in [-0.25, -0.2) is 0 Å². The van der Waals surface area contributed by atoms with E-state index in [1.165, 1.54) is 18.2 Å². The second-order valence-electron chi connectivity index (χ2n) is 6.31. The smallest absolute Gasteiger partial charge is 0.282 e. The number of amides is 1. The van der Waals surface area contributed by atoms with Crippen LogP contribution in [0.2, 0.25) is 0 Å². The maximum atomic E-state index is 12.7. The molecule has 0 saturated heterocycles. The molecule has 30 heavy (non-hydrogen) atoms. The van der Waals surface area contributed by atoms with Crippen LogP contribution in [0.1, 0.15) is 21.8 Å². The van der Waals surface area contributed by atoms with Crippen LogP contribution < -0.4 is 5.32 Å². The van der Waals surface area contributed by atoms with Gasteiger partial charge in [0.2, 0.25) is 11.7 Å². The zero-order valence-corrected chi connectivity index (χ0v) is 15.6. The molecule has 4 aromatic rings. The molecule has 0 fully saturated rings. The van der Waals surface area contributed by atoms with Gasteiger partial charge in [0.15, 0.2) is 0 Å². The number of carbonyl (C=O) groups is 1. The lowest BCUT2D eigenvalue weighted by atomic mass is 10.1. The van der Waals surface area contributed by atoms with Crippen LogP contribution in [0.3, 0.4) is 0 Å². The molecule has 0 unspecified atom stereocenters. The Labute approximate surface area is 170 Å². The van der Waals surface area contributed by atoms with E-state index in [1.54, 1.807) is 42.7 Å². The highest BCUT2D eigenvalue weighted by Crippen LogP contribution is 2.23. The largest absolute Gasteiger partial charge is 0.339 e. The molecule has 0 aliphatic carbocycles. The van der Waals surface area contributed by atoms with Crippen LogP contribution in [0, 0.1) is 10.1 Å². The molecule has 0 radical (unpaired) electrons. The first-order valence-corrected chi connectivity index (χ1v) is 8.97. The van der Waals surface area contributed by atoms with Crippen molar-refractivity contribution in [3.8, 4) is 11.4 Å². The van der Waals surface area contributed by atoms with Gasteiger partial charge < -0.3 is 9.84 Å². The van der Waals surface area contributed by atoms with Crippen molar-refractivity contribution in [3.63, 3.8) is 0 Å². The van der Waals surface area contributed by atoms with E-state index in [9.17, 15) is 14.9 Å². The van der Waals surface area contributed by atoms with E-state index in [0.717, 1.165) is 11.1 Å². The molecule has 0 spiro atoms. The standard InChI is InChI=1S/C21H15N5O4/c27-21(16-6-2-4-8-18(16)26(28)29)23-17-7-3-1-5-15(17)13-19-24-20(25-30-19)14-9-11-22-12-10-14/h1-12H,13H2,(H,23,27). The first-order valence-electron chi connectivity index (χ1n) is 8.97. The summed E-state index contributed by atoms with van der Waals surface area (Å²) in [6.45, 7) is 0. The minimum atomic E-state index is -0.583. The molecule has 9 nitrogen and oxygen atoms in total. The summed E-state index contributed by atoms with van der Waals surface area (Å²) in [6.07, 6.45) is 3.56. The summed E-state index contributed by atoms with van der Waals surface area (Å²) in [5.74, 6) is 0.237. The SMILES string of the molecule is O=C(Nc1ccccc1Cc1nc(-c2ccncc2)no1)c1ccccc1[N+](=O)[O-]. The zero-order chi connectivity index (χ0) is 20.9. The summed E-state index contributed by atoms with van der Waals surface area (Å²) in [6, 6.07) is 16.4. The molecule has 2 aromatic carbocycles. The second kappa shape index (κ2) is 8.31. The molecule has 1 amide bonds. The van der Waals surface area contributed by atoms with Crippen LogP contribution in [0.4, 0.5) is 11.4 Å². The Morgan fingerprint density at radius 3 is 2.57 bits per heavy atom. The average Bonchev–Trinajstić information content (AvgIpc) is 3.24. The van der Waals surface area contributed by atoms with Gasteiger partial charge in [-0.05, 0) is 29.8 Å². The molecular weight excluding hydrogens is 386 g/mol. The van der Waals surface area contributed by atoms with E-state index in [2.05, 4.69) is 20.4 Å². The monoisotopic (exact) mass is 401 g/mol. The third-order valence-corrected chi connectivity index (χ3v) is 4.36. The molecule has 9 heteroatoms. The highest BCUT2D eigenvalue weighted by molar-refractivity contribution is 6.07. The number of anilines is 1. The van der Waals surface area contributed by atoms with Crippen molar-refractivity contribution in [1.82, 2.24) is 15.1 Å². The van der Waals surface area contributed by atoms with Gasteiger partial charge in [0, 0.05) is 29.7 Å². The summed E-state index contributed by atoms with van der Waals surface area (Å²) in [5, 5.41) is 17.9. The van der Waals surface area contributed by atoms with Crippen molar-refractivity contribution in [2.45, 2.75) is 6.42 Å². The fourth-order valence-electron chi connectivity index (χ4n) is 2.92. The van der Waals surface area contributed by atoms with Crippen molar-refractivity contribution in [2.75, 3.05) is 5.32 Å². The number of para-hydroxylation sites is 2. The molecule has 0 saturated carbocycles. The lowest BCUT2D eigenvalue weighted by Gasteiger charge is -2.10. The van der Waals surface area contributed by atoms with Crippen molar-refractivity contribution in [2.24, 2.45) is 0 Å². The van der Waals surface area contributed by atoms with Crippen molar-refractivity contribution in [3.05, 3.63) is 100 Å². The number of benzene rings is 2. The minimum absolute atomic E-state index is 0.0185. The number of nitrogens with zero attached hydrogens (tertiary/aromatic N) is 4. The fraction of sp³-hybridized carbons (Fsp3) is 0.0476. The van der Waals surface area contributed by atoms with Crippen LogP contribution in [-0.4, -0.2) is 26.0 Å². The number of hydrogen-bond acceptors (Lipinski definition) is 7. The summed E-state index contributed by atoms with van der Waals surface area (Å²) < 4.78 is 5.33. The average molecular weight is 401 g/mol. The van der Waals surface area contributed by atoms with Crippen molar-refractivity contribution < 1.29 is 14.2 Å². The Morgan fingerprint density at radius 2 is 1.77 bits per heavy atom. The predicted molar refractivity (Wildman–Crippen MR) is 108 cm³/mol. The van der Waals surface area contributed by atoms with Crippen LogP contribution in [0.15, 0.2) is 77.6 Å². The summed E-state index contributed by atoms with van der Waals surface area (Å²) in [4.78, 5) is 31.6. The third kappa shape index (κ3) is 4.04. The van der Waals surface area contributed by atoms with Crippen LogP contribution >= 0.6 is 0 Å². The van der Waals surface area contributed by atoms with E-state index in [0.29, 0.717) is 17.4 Å². The number of aromatic nitrogens is 3. The van der Waals surface area contributed by atoms with Crippen LogP contribution in [0.5, 0.6) is 0 Å². The number of hydrogen-bond donors (Lipinski definition) is 1. The molecule has 4 rings (SSSR count). The maximum absolute atomic E-state index is 12.7. The minimum Gasteiger partial charge on any atom is -0.339 e. The number of nitro benzene ring substituents is 1. The maximum Gasteiger partial charge on any atom is 0.282 e. The van der Waals surface area contributed by atoms with Gasteiger partial charge in [0.25, 0.3) is 11.6 Å². The molecule has 2 heterocycles. The van der Waals surface area contributed by atoms with E-state index in [-0.39, 0.29) is 17.7 Å². The molecule has 0 aliphatic rings. The lowest BCUT2D eigenvalue weighted by Crippen LogP contribution is -2.15. The van der Waals surface area contributed by atoms with E-state index < -0.39 is 10.8 Å². The normalized spacial score (nSPS) is 10.5. The Morgan fingerprint density at radius 1 is 1.03 bits per heavy atom. The van der Waals surface area contributed by atoms with Crippen molar-refractivity contribution in [1.29, 1.82) is 0 Å². The number of nitro groups is 1. The van der Waals surface area contributed by atoms with E-state index in [4.69, 9.17) is 4.52 Å². The van der Waals surface area contributed by atoms with E-state index in [1.807, 2.05) is 12.1 Å². The first kappa shape index (κ1) is 18.9. The Kier molecular flexibility index (Phi) is 5.25. The van der Waals surface area contributed by atoms with Crippen molar-refractivity contribution >= 4 is 17.3 Å². The van der Waals surface area contributed by atoms with Gasteiger partial charge in [0.05, 0.1) is 11.3 Å². The van der Waals surface area contributed by atoms with Gasteiger partial charge in [-0.2, -0.15) is 4.98 Å². The highest BCUT2D eigenvalue weighted by Gasteiger charge is 2.20. The Balaban J connectivity index is 1.56. The molecule has 0 bridgehead atoms. The Hall–Kier alpha value is -4.40. The molecular formula is C21H15N5O4. The van der Waals surface area contributed by atoms with Crippen LogP contribution in [-0.2, 0) is 6.42 Å². The van der Waals surface area contributed by atoms with Gasteiger partial charge >= 0.3 is 0 Å². The number of rotatable bonds is 6. The van der Waals surface area contributed by atoms with Crippen LogP contribution in [0.25, 0.3) is 11.4 Å². The molecule has 0 atom stereocenters. The second-order valence-corrected chi connectivity index (χ2v) is 6.31. The predicted octanol–water partition coefficient (Wildman–Crippen LogP) is 3.88. The summed E-state index contributed by atoms with van der Waals surface area (Å²) in [5.41, 5.74) is 1.73. The molecule has 1 N–H and O–H groups in total. The lowest BCUT2D eigenvalue weighted by molar-refractivity contribution is -0.385. The fourth-order valence-corrected chi connectivity index (χ4v) is 2.92. The quantitative estimate of drug-likeness (QED) is 0.384. The number of carbonyl (C=O) groups excluding carboxylic acids is 1. The van der Waals surface area contributed by atoms with Gasteiger partial charge in [0.1, 0.15) is 5.56 Å². The van der Waals surface area contributed by atoms with Gasteiger partial charge in [-0.15, -0.1) is 0 Å². The summed E-state index contributed by atoms with van der Waals surface area (Å²) in [7, 11) is 0. The van der Waals surface area contributed by atoms with Gasteiger partial charge in [-0.1, -0.05) is 35.5 Å². The third-order valence-electron chi connectivity index (χ3n) is 4.36. The highest BCUT2D eigenvalue weighted by atomic mass is 16.6. The van der Waals surface area contributed by atoms with E-state index >= 15 is 0 Å². The zero-order valence-electron chi connectivity index (χ0n) is 15.6.